The Hall–Kier alpha value is -1.06. The van der Waals surface area contributed by atoms with Gasteiger partial charge < -0.3 is 14.4 Å². The van der Waals surface area contributed by atoms with Gasteiger partial charge >= 0.3 is 0 Å². The second kappa shape index (κ2) is 23.3. The fourth-order valence-electron chi connectivity index (χ4n) is 6.25. The van der Waals surface area contributed by atoms with E-state index in [0.717, 1.165) is 64.0 Å². The summed E-state index contributed by atoms with van der Waals surface area (Å²) in [5, 5.41) is 1.90. The summed E-state index contributed by atoms with van der Waals surface area (Å²) in [5.41, 5.74) is 0.480. The summed E-state index contributed by atoms with van der Waals surface area (Å²) >= 11 is 1.39. The molecule has 0 bridgehead atoms. The zero-order valence-corrected chi connectivity index (χ0v) is 30.1. The van der Waals surface area contributed by atoms with Crippen molar-refractivity contribution in [3.8, 4) is 0 Å². The smallest absolute Gasteiger partial charge is 0.299 e. The first kappa shape index (κ1) is 38.4. The van der Waals surface area contributed by atoms with Gasteiger partial charge in [-0.1, -0.05) is 139 Å². The highest BCUT2D eigenvalue weighted by Gasteiger charge is 2.28. The number of nitrogens with zero attached hydrogens (tertiary/aromatic N) is 1. The van der Waals surface area contributed by atoms with Crippen LogP contribution in [-0.2, 0) is 23.8 Å². The summed E-state index contributed by atoms with van der Waals surface area (Å²) in [5.74, 6) is 0.716. The Morgan fingerprint density at radius 2 is 1.42 bits per heavy atom. The molecule has 1 aromatic rings. The normalized spacial score (nSPS) is 20.0. The van der Waals surface area contributed by atoms with Gasteiger partial charge in [-0.25, -0.2) is 4.18 Å². The van der Waals surface area contributed by atoms with Crippen LogP contribution >= 0.6 is 11.8 Å². The number of aryl methyl sites for hydroxylation is 1. The molecular weight excluding hydrogens is 603 g/mol. The Morgan fingerprint density at radius 1 is 0.822 bits per heavy atom. The highest BCUT2D eigenvalue weighted by atomic mass is 32.2. The van der Waals surface area contributed by atoms with Crippen LogP contribution in [-0.4, -0.2) is 51.3 Å². The number of hydrogen-bond donors (Lipinski definition) is 0. The number of benzene rings is 1. The van der Waals surface area contributed by atoms with E-state index in [0.29, 0.717) is 5.92 Å². The lowest BCUT2D eigenvalue weighted by molar-refractivity contribution is 0.0153. The first-order valence-corrected chi connectivity index (χ1v) is 20.6. The first-order chi connectivity index (χ1) is 22.0. The van der Waals surface area contributed by atoms with Crippen LogP contribution in [0.4, 0.5) is 0 Å². The highest BCUT2D eigenvalue weighted by Crippen LogP contribution is 2.30. The molecule has 3 atom stereocenters. The fourth-order valence-corrected chi connectivity index (χ4v) is 8.34. The maximum absolute atomic E-state index is 12.7. The predicted octanol–water partition coefficient (Wildman–Crippen LogP) is 10.4. The van der Waals surface area contributed by atoms with Gasteiger partial charge in [0.1, 0.15) is 0 Å². The van der Waals surface area contributed by atoms with E-state index in [-0.39, 0.29) is 11.0 Å². The average molecular weight is 666 g/mol. The number of ether oxygens (including phenoxy) is 2. The molecule has 0 aromatic heterocycles. The third kappa shape index (κ3) is 16.6. The quantitative estimate of drug-likeness (QED) is 0.0684. The monoisotopic (exact) mass is 665 g/mol. The van der Waals surface area contributed by atoms with Crippen LogP contribution in [0.5, 0.6) is 0 Å². The molecule has 0 N–H and O–H groups in total. The third-order valence-electron chi connectivity index (χ3n) is 9.13. The molecule has 2 heterocycles. The topological polar surface area (TPSA) is 65.1 Å². The third-order valence-corrected chi connectivity index (χ3v) is 11.4. The van der Waals surface area contributed by atoms with Gasteiger partial charge in [-0.15, -0.1) is 0 Å². The molecule has 0 aliphatic carbocycles. The Labute approximate surface area is 280 Å². The zero-order valence-electron chi connectivity index (χ0n) is 28.5. The van der Waals surface area contributed by atoms with Crippen LogP contribution in [0.1, 0.15) is 141 Å². The van der Waals surface area contributed by atoms with Gasteiger partial charge in [0.05, 0.1) is 17.6 Å². The molecule has 6 nitrogen and oxygen atoms in total. The molecule has 2 aliphatic heterocycles. The van der Waals surface area contributed by atoms with E-state index in [2.05, 4.69) is 6.92 Å². The van der Waals surface area contributed by atoms with Gasteiger partial charge in [0.15, 0.2) is 0 Å². The Kier molecular flexibility index (Phi) is 19.9. The van der Waals surface area contributed by atoms with Crippen LogP contribution in [0, 0.1) is 12.8 Å². The van der Waals surface area contributed by atoms with Crippen molar-refractivity contribution in [1.29, 1.82) is 0 Å². The van der Waals surface area contributed by atoms with Gasteiger partial charge in [-0.05, 0) is 56.1 Å². The minimum Gasteiger partial charge on any atom is -0.379 e. The van der Waals surface area contributed by atoms with Crippen LogP contribution in [0.25, 0.3) is 0 Å². The average Bonchev–Trinajstić information content (AvgIpc) is 3.67. The number of thioether (sulfide) groups is 1. The largest absolute Gasteiger partial charge is 0.379 e. The van der Waals surface area contributed by atoms with Crippen molar-refractivity contribution in [2.75, 3.05) is 26.4 Å². The van der Waals surface area contributed by atoms with Crippen molar-refractivity contribution in [3.63, 3.8) is 0 Å². The van der Waals surface area contributed by atoms with Crippen LogP contribution in [0.2, 0.25) is 0 Å². The Balaban J connectivity index is 1.09. The predicted molar refractivity (Wildman–Crippen MR) is 189 cm³/mol. The van der Waals surface area contributed by atoms with E-state index in [9.17, 15) is 8.42 Å². The van der Waals surface area contributed by atoms with Crippen LogP contribution in [0.15, 0.2) is 40.8 Å². The summed E-state index contributed by atoms with van der Waals surface area (Å²) in [7, 11) is -3.79. The lowest BCUT2D eigenvalue weighted by Crippen LogP contribution is -2.30. The molecule has 1 saturated heterocycles. The van der Waals surface area contributed by atoms with Gasteiger partial charge in [-0.3, -0.25) is 0 Å². The molecule has 0 spiro atoms. The van der Waals surface area contributed by atoms with Crippen molar-refractivity contribution in [2.24, 2.45) is 5.92 Å². The van der Waals surface area contributed by atoms with Gasteiger partial charge in [0.25, 0.3) is 10.1 Å². The maximum atomic E-state index is 12.7. The minimum absolute atomic E-state index is 0.198. The maximum Gasteiger partial charge on any atom is 0.299 e. The lowest BCUT2D eigenvalue weighted by atomic mass is 9.97. The van der Waals surface area contributed by atoms with E-state index in [1.165, 1.54) is 108 Å². The summed E-state index contributed by atoms with van der Waals surface area (Å²) in [6, 6.07) is 6.78. The van der Waals surface area contributed by atoms with Crippen molar-refractivity contribution in [2.45, 2.75) is 159 Å². The van der Waals surface area contributed by atoms with Gasteiger partial charge in [0.2, 0.25) is 5.56 Å². The molecule has 0 saturated carbocycles. The molecule has 0 radical (unpaired) electrons. The molecular formula is C37H63NO5S2. The molecule has 0 amide bonds. The van der Waals surface area contributed by atoms with Gasteiger partial charge in [-0.2, -0.15) is 8.42 Å². The number of rotatable bonds is 27. The molecule has 8 heteroatoms. The van der Waals surface area contributed by atoms with Crippen molar-refractivity contribution >= 4 is 21.9 Å². The van der Waals surface area contributed by atoms with E-state index in [1.54, 1.807) is 24.3 Å². The Bertz CT molecular complexity index is 1020. The molecule has 258 valence electrons. The molecule has 3 unspecified atom stereocenters. The molecule has 1 fully saturated rings. The SMILES string of the molecule is CCCCCCCCCCCCCCCCC1COC(COCCCCCCN2C=CSC2OS(=O)(=O)c2ccc(C)cc2)C1. The fraction of sp³-hybridized carbons (Fsp3) is 0.784. The number of unbranched alkanes of at least 4 members (excludes halogenated alkanes) is 16. The first-order valence-electron chi connectivity index (χ1n) is 18.2. The molecule has 1 aromatic carbocycles. The van der Waals surface area contributed by atoms with Crippen molar-refractivity contribution < 1.29 is 22.1 Å². The summed E-state index contributed by atoms with van der Waals surface area (Å²) < 4.78 is 42.9. The zero-order chi connectivity index (χ0) is 32.0. The number of hydrogen-bond acceptors (Lipinski definition) is 7. The van der Waals surface area contributed by atoms with Gasteiger partial charge in [0, 0.05) is 26.0 Å². The summed E-state index contributed by atoms with van der Waals surface area (Å²) in [4.78, 5) is 2.17. The van der Waals surface area contributed by atoms with E-state index in [1.807, 2.05) is 23.4 Å². The van der Waals surface area contributed by atoms with Crippen molar-refractivity contribution in [1.82, 2.24) is 4.90 Å². The van der Waals surface area contributed by atoms with Crippen LogP contribution < -0.4 is 0 Å². The summed E-state index contributed by atoms with van der Waals surface area (Å²) in [6.07, 6.45) is 28.7. The Morgan fingerprint density at radius 3 is 2.09 bits per heavy atom. The molecule has 45 heavy (non-hydrogen) atoms. The second-order valence-corrected chi connectivity index (χ2v) is 15.8. The van der Waals surface area contributed by atoms with Crippen molar-refractivity contribution in [3.05, 3.63) is 41.4 Å². The minimum atomic E-state index is -3.79. The molecule has 2 aliphatic rings. The van der Waals surface area contributed by atoms with E-state index in [4.69, 9.17) is 13.7 Å². The standard InChI is InChI=1S/C37H63NO5S2/c1-3-4-5-6-7-8-9-10-11-12-13-14-15-18-21-34-30-35(42-31-34)32-41-28-20-17-16-19-26-38-27-29-44-37(38)43-45(39,40)36-24-22-33(2)23-25-36/h22-25,27,29,34-35,37H,3-21,26,28,30-32H2,1-2H3. The molecule has 3 rings (SSSR count). The second-order valence-electron chi connectivity index (χ2n) is 13.3. The van der Waals surface area contributed by atoms with E-state index >= 15 is 0 Å². The van der Waals surface area contributed by atoms with E-state index < -0.39 is 15.7 Å². The highest BCUT2D eigenvalue weighted by molar-refractivity contribution is 8.03. The lowest BCUT2D eigenvalue weighted by Gasteiger charge is -2.24. The van der Waals surface area contributed by atoms with Crippen LogP contribution in [0.3, 0.4) is 0 Å². The summed E-state index contributed by atoms with van der Waals surface area (Å²) in [6.45, 7) is 7.41.